The van der Waals surface area contributed by atoms with Crippen LogP contribution in [-0.2, 0) is 0 Å². The van der Waals surface area contributed by atoms with Gasteiger partial charge in [-0.15, -0.1) is 0 Å². The Morgan fingerprint density at radius 2 is 0.471 bits per heavy atom. The normalized spacial score (nSPS) is 11.7. The summed E-state index contributed by atoms with van der Waals surface area (Å²) in [4.78, 5) is 0. The summed E-state index contributed by atoms with van der Waals surface area (Å²) in [6, 6.07) is 4.64. The fourth-order valence-corrected chi connectivity index (χ4v) is 36.9. The molecular weight excluding hydrogens is 1060 g/mol. The maximum absolute atomic E-state index is 6.92. The van der Waals surface area contributed by atoms with E-state index < -0.39 is 36.8 Å². The van der Waals surface area contributed by atoms with Crippen molar-refractivity contribution in [2.45, 2.75) is 339 Å². The molecular formula is C66H122O2Sn2. The Labute approximate surface area is 449 Å². The van der Waals surface area contributed by atoms with Crippen molar-refractivity contribution < 1.29 is 9.47 Å². The minimum atomic E-state index is -2.74. The molecule has 0 spiro atoms. The van der Waals surface area contributed by atoms with Crippen LogP contribution in [0.25, 0.3) is 0 Å². The van der Waals surface area contributed by atoms with Gasteiger partial charge in [0.2, 0.25) is 0 Å². The molecule has 0 aromatic heterocycles. The molecule has 4 heteroatoms. The zero-order valence-corrected chi connectivity index (χ0v) is 54.6. The van der Waals surface area contributed by atoms with Crippen LogP contribution in [0.2, 0.25) is 26.6 Å². The van der Waals surface area contributed by atoms with Crippen molar-refractivity contribution in [2.75, 3.05) is 13.2 Å². The van der Waals surface area contributed by atoms with Gasteiger partial charge in [-0.05, 0) is 0 Å². The van der Waals surface area contributed by atoms with Crippen LogP contribution in [0.1, 0.15) is 323 Å². The van der Waals surface area contributed by atoms with E-state index >= 15 is 0 Å². The monoisotopic (exact) mass is 1190 g/mol. The van der Waals surface area contributed by atoms with Crippen molar-refractivity contribution in [1.82, 2.24) is 0 Å². The van der Waals surface area contributed by atoms with Crippen molar-refractivity contribution >= 4 is 36.8 Å². The molecule has 0 unspecified atom stereocenters. The second-order valence-electron chi connectivity index (χ2n) is 22.4. The van der Waals surface area contributed by atoms with E-state index in [1.54, 1.807) is 0 Å². The molecule has 0 N–H and O–H groups in total. The first-order valence-electron chi connectivity index (χ1n) is 31.9. The molecule has 0 fully saturated rings. The predicted molar refractivity (Wildman–Crippen MR) is 322 cm³/mol. The molecule has 0 aliphatic heterocycles. The van der Waals surface area contributed by atoms with Gasteiger partial charge in [-0.2, -0.15) is 0 Å². The van der Waals surface area contributed by atoms with Crippen LogP contribution in [-0.4, -0.2) is 50.0 Å². The molecule has 70 heavy (non-hydrogen) atoms. The van der Waals surface area contributed by atoms with Crippen LogP contribution in [0.5, 0.6) is 11.5 Å². The number of benzene rings is 1. The molecule has 0 radical (unpaired) electrons. The maximum atomic E-state index is 6.92. The van der Waals surface area contributed by atoms with Gasteiger partial charge in [-0.25, -0.2) is 0 Å². The second kappa shape index (κ2) is 49.4. The number of ether oxygens (including phenoxy) is 2. The van der Waals surface area contributed by atoms with E-state index in [4.69, 9.17) is 9.47 Å². The molecule has 1 aromatic rings. The molecule has 0 saturated carbocycles. The van der Waals surface area contributed by atoms with E-state index in [1.807, 2.05) is 0 Å². The molecule has 0 aliphatic rings. The fraction of sp³-hybridized carbons (Fsp3) is 0.848. The molecule has 0 atom stereocenters. The van der Waals surface area contributed by atoms with Crippen LogP contribution < -0.4 is 9.47 Å². The molecule has 0 amide bonds. The first-order valence-corrected chi connectivity index (χ1v) is 46.9. The Morgan fingerprint density at radius 1 is 0.271 bits per heavy atom. The number of hydrogen-bond acceptors (Lipinski definition) is 2. The van der Waals surface area contributed by atoms with Gasteiger partial charge in [-0.1, -0.05) is 117 Å². The van der Waals surface area contributed by atoms with Crippen molar-refractivity contribution in [1.29, 1.82) is 0 Å². The topological polar surface area (TPSA) is 18.5 Å². The summed E-state index contributed by atoms with van der Waals surface area (Å²) >= 11 is -5.48. The van der Waals surface area contributed by atoms with E-state index in [2.05, 4.69) is 87.2 Å². The summed E-state index contributed by atoms with van der Waals surface area (Å²) in [6.07, 6.45) is 54.1. The number of unbranched alkanes of at least 4 members (excludes halogenated alkanes) is 32. The summed E-state index contributed by atoms with van der Waals surface area (Å²) in [5.74, 6) is 9.89. The van der Waals surface area contributed by atoms with Crippen LogP contribution in [0, 0.1) is 19.7 Å². The Hall–Kier alpha value is -0.463. The third-order valence-electron chi connectivity index (χ3n) is 15.6. The second-order valence-corrected chi connectivity index (χ2v) is 47.0. The molecule has 1 rings (SSSR count). The zero-order chi connectivity index (χ0) is 50.9. The fourth-order valence-electron chi connectivity index (χ4n) is 10.6. The molecule has 1 aromatic carbocycles. The van der Waals surface area contributed by atoms with Gasteiger partial charge >= 0.3 is 336 Å². The number of hydrogen-bond donors (Lipinski definition) is 0. The zero-order valence-electron chi connectivity index (χ0n) is 48.9. The third kappa shape index (κ3) is 35.7. The summed E-state index contributed by atoms with van der Waals surface area (Å²) in [5, 5.41) is 0. The average molecular weight is 1190 g/mol. The first kappa shape index (κ1) is 67.6. The van der Waals surface area contributed by atoms with Gasteiger partial charge in [0.1, 0.15) is 0 Å². The summed E-state index contributed by atoms with van der Waals surface area (Å²) in [7, 11) is 0. The van der Waals surface area contributed by atoms with E-state index in [1.165, 1.54) is 271 Å². The predicted octanol–water partition coefficient (Wildman–Crippen LogP) is 22.9. The van der Waals surface area contributed by atoms with Gasteiger partial charge in [0.05, 0.1) is 0 Å². The Balaban J connectivity index is 3.42. The Kier molecular flexibility index (Phi) is 47.7. The standard InChI is InChI=1S/C42H68O2.6C4H9.2Sn/c1-5-9-11-13-15-17-19-21-23-25-27-29-31-33-35-43-41-37-40(8-4)42(38-39(41)7-3)44-36-34-32-30-28-26-24-22-20-18-16-14-12-10-6-2;6*1-3-4-2;;/h37-38H,5-6,9-36H2,1-2H3;6*1,3-4H2,2H3;;. The molecule has 406 valence electrons. The Morgan fingerprint density at radius 3 is 0.686 bits per heavy atom. The van der Waals surface area contributed by atoms with Crippen LogP contribution in [0.15, 0.2) is 12.1 Å². The first-order chi connectivity index (χ1) is 34.4. The Bertz CT molecular complexity index is 1280. The van der Waals surface area contributed by atoms with E-state index in [-0.39, 0.29) is 0 Å². The van der Waals surface area contributed by atoms with Crippen molar-refractivity contribution in [3.05, 3.63) is 23.3 Å². The molecule has 2 nitrogen and oxygen atoms in total. The molecule has 0 bridgehead atoms. The third-order valence-corrected chi connectivity index (χ3v) is 41.8. The van der Waals surface area contributed by atoms with E-state index in [9.17, 15) is 0 Å². The summed E-state index contributed by atoms with van der Waals surface area (Å²) in [6.45, 7) is 20.4. The van der Waals surface area contributed by atoms with Gasteiger partial charge < -0.3 is 0 Å². The van der Waals surface area contributed by atoms with E-state index in [0.717, 1.165) is 48.7 Å². The SMILES string of the molecule is CCCCCCCCCCCCCCCCOc1cc(C#[C][Sn]([CH2]CCC)([CH2]CCC)[CH2]CCC)c(OCCCCCCCCCCCCCCCC)cc1C#[C][Sn]([CH2]CCC)([CH2]CCC)[CH2]CCC. The minimum absolute atomic E-state index is 0.765. The van der Waals surface area contributed by atoms with Gasteiger partial charge in [-0.3, -0.25) is 0 Å². The van der Waals surface area contributed by atoms with Crippen LogP contribution in [0.4, 0.5) is 0 Å². The number of rotatable bonds is 50. The van der Waals surface area contributed by atoms with E-state index in [0.29, 0.717) is 0 Å². The summed E-state index contributed by atoms with van der Waals surface area (Å²) in [5.41, 5.74) is 2.16. The molecule has 0 saturated heterocycles. The quantitative estimate of drug-likeness (QED) is 0.0368. The average Bonchev–Trinajstić information content (AvgIpc) is 3.38. The van der Waals surface area contributed by atoms with Gasteiger partial charge in [0, 0.05) is 0 Å². The van der Waals surface area contributed by atoms with Gasteiger partial charge in [0.15, 0.2) is 0 Å². The molecule has 0 aliphatic carbocycles. The van der Waals surface area contributed by atoms with Crippen LogP contribution in [0.3, 0.4) is 0 Å². The van der Waals surface area contributed by atoms with Crippen molar-refractivity contribution in [2.24, 2.45) is 0 Å². The van der Waals surface area contributed by atoms with Gasteiger partial charge in [0.25, 0.3) is 0 Å². The van der Waals surface area contributed by atoms with Crippen molar-refractivity contribution in [3.63, 3.8) is 0 Å². The summed E-state index contributed by atoms with van der Waals surface area (Å²) < 4.78 is 30.8. The van der Waals surface area contributed by atoms with Crippen molar-refractivity contribution in [3.8, 4) is 31.2 Å². The van der Waals surface area contributed by atoms with Crippen LogP contribution >= 0.6 is 0 Å². The molecule has 0 heterocycles.